The van der Waals surface area contributed by atoms with E-state index in [4.69, 9.17) is 0 Å². The predicted octanol–water partition coefficient (Wildman–Crippen LogP) is 3.82. The summed E-state index contributed by atoms with van der Waals surface area (Å²) in [5.74, 6) is 0. The molecule has 1 fully saturated rings. The Bertz CT molecular complexity index is 381. The van der Waals surface area contributed by atoms with E-state index >= 15 is 0 Å². The first-order valence-corrected chi connectivity index (χ1v) is 6.91. The molecule has 0 unspecified atom stereocenters. The van der Waals surface area contributed by atoms with Crippen molar-refractivity contribution < 1.29 is 0 Å². The lowest BCUT2D eigenvalue weighted by molar-refractivity contribution is 0.174. The zero-order valence-electron chi connectivity index (χ0n) is 10.8. The van der Waals surface area contributed by atoms with Gasteiger partial charge in [-0.1, -0.05) is 34.1 Å². The van der Waals surface area contributed by atoms with Crippen LogP contribution in [-0.4, -0.2) is 31.1 Å². The van der Waals surface area contributed by atoms with E-state index in [-0.39, 0.29) is 24.8 Å². The van der Waals surface area contributed by atoms with E-state index in [0.717, 1.165) is 37.1 Å². The van der Waals surface area contributed by atoms with Gasteiger partial charge in [0.2, 0.25) is 0 Å². The van der Waals surface area contributed by atoms with Gasteiger partial charge in [-0.15, -0.1) is 31.4 Å². The SMILES string of the molecule is C=CC[C@H](c1cccc(Br)c1)N1CCNCC1.Cl.Cl. The van der Waals surface area contributed by atoms with Crippen molar-refractivity contribution in [3.63, 3.8) is 0 Å². The van der Waals surface area contributed by atoms with Gasteiger partial charge in [0.05, 0.1) is 0 Å². The highest BCUT2D eigenvalue weighted by Gasteiger charge is 2.20. The van der Waals surface area contributed by atoms with Gasteiger partial charge in [-0.05, 0) is 24.1 Å². The maximum atomic E-state index is 3.89. The first-order chi connectivity index (χ1) is 8.31. The highest BCUT2D eigenvalue weighted by atomic mass is 79.9. The van der Waals surface area contributed by atoms with Crippen molar-refractivity contribution in [1.82, 2.24) is 10.2 Å². The van der Waals surface area contributed by atoms with E-state index in [1.54, 1.807) is 0 Å². The molecule has 1 aliphatic rings. The lowest BCUT2D eigenvalue weighted by Crippen LogP contribution is -2.45. The normalized spacial score (nSPS) is 16.9. The number of hydrogen-bond donors (Lipinski definition) is 1. The molecule has 0 spiro atoms. The van der Waals surface area contributed by atoms with Gasteiger partial charge in [0.25, 0.3) is 0 Å². The Balaban J connectivity index is 0.00000162. The Morgan fingerprint density at radius 1 is 1.32 bits per heavy atom. The number of piperazine rings is 1. The van der Waals surface area contributed by atoms with Gasteiger partial charge in [-0.25, -0.2) is 0 Å². The molecule has 1 N–H and O–H groups in total. The monoisotopic (exact) mass is 366 g/mol. The summed E-state index contributed by atoms with van der Waals surface area (Å²) in [5, 5.41) is 3.40. The molecule has 1 aliphatic heterocycles. The molecule has 0 aromatic heterocycles. The molecule has 2 nitrogen and oxygen atoms in total. The van der Waals surface area contributed by atoms with Gasteiger partial charge in [-0.2, -0.15) is 0 Å². The highest BCUT2D eigenvalue weighted by molar-refractivity contribution is 9.10. The molecular formula is C14H21BrCl2N2. The Hall–Kier alpha value is -0.0600. The molecular weight excluding hydrogens is 347 g/mol. The van der Waals surface area contributed by atoms with Crippen molar-refractivity contribution in [2.45, 2.75) is 12.5 Å². The minimum atomic E-state index is 0. The van der Waals surface area contributed by atoms with Crippen LogP contribution in [0.15, 0.2) is 41.4 Å². The van der Waals surface area contributed by atoms with Gasteiger partial charge in [-0.3, -0.25) is 4.90 Å². The van der Waals surface area contributed by atoms with Crippen molar-refractivity contribution in [2.24, 2.45) is 0 Å². The molecule has 0 bridgehead atoms. The number of halogens is 3. The fraction of sp³-hybridized carbons (Fsp3) is 0.429. The van der Waals surface area contributed by atoms with Gasteiger partial charge < -0.3 is 5.32 Å². The Labute approximate surface area is 136 Å². The summed E-state index contributed by atoms with van der Waals surface area (Å²) in [6, 6.07) is 9.08. The maximum Gasteiger partial charge on any atom is 0.0383 e. The molecule has 0 aliphatic carbocycles. The molecule has 19 heavy (non-hydrogen) atoms. The average molecular weight is 368 g/mol. The van der Waals surface area contributed by atoms with E-state index in [0.29, 0.717) is 6.04 Å². The third kappa shape index (κ3) is 5.44. The Morgan fingerprint density at radius 2 is 2.00 bits per heavy atom. The lowest BCUT2D eigenvalue weighted by atomic mass is 10.0. The van der Waals surface area contributed by atoms with Crippen LogP contribution in [0.1, 0.15) is 18.0 Å². The molecule has 1 aromatic rings. The van der Waals surface area contributed by atoms with E-state index < -0.39 is 0 Å². The smallest absolute Gasteiger partial charge is 0.0383 e. The summed E-state index contributed by atoms with van der Waals surface area (Å²) in [5.41, 5.74) is 1.38. The van der Waals surface area contributed by atoms with Crippen LogP contribution < -0.4 is 5.32 Å². The second-order valence-electron chi connectivity index (χ2n) is 4.38. The van der Waals surface area contributed by atoms with Crippen LogP contribution in [0.2, 0.25) is 0 Å². The summed E-state index contributed by atoms with van der Waals surface area (Å²) >= 11 is 3.55. The lowest BCUT2D eigenvalue weighted by Gasteiger charge is -2.34. The third-order valence-electron chi connectivity index (χ3n) is 3.22. The number of hydrogen-bond acceptors (Lipinski definition) is 2. The molecule has 0 amide bonds. The van der Waals surface area contributed by atoms with Gasteiger partial charge in [0, 0.05) is 36.7 Å². The fourth-order valence-electron chi connectivity index (χ4n) is 2.36. The van der Waals surface area contributed by atoms with E-state index in [1.165, 1.54) is 5.56 Å². The molecule has 1 saturated heterocycles. The summed E-state index contributed by atoms with van der Waals surface area (Å²) in [4.78, 5) is 2.54. The molecule has 0 radical (unpaired) electrons. The van der Waals surface area contributed by atoms with Crippen molar-refractivity contribution in [3.8, 4) is 0 Å². The van der Waals surface area contributed by atoms with Crippen LogP contribution in [0.25, 0.3) is 0 Å². The topological polar surface area (TPSA) is 15.3 Å². The second-order valence-corrected chi connectivity index (χ2v) is 5.30. The summed E-state index contributed by atoms with van der Waals surface area (Å²) < 4.78 is 1.15. The van der Waals surface area contributed by atoms with Crippen LogP contribution in [0.3, 0.4) is 0 Å². The number of nitrogens with zero attached hydrogens (tertiary/aromatic N) is 1. The van der Waals surface area contributed by atoms with Crippen molar-refractivity contribution in [1.29, 1.82) is 0 Å². The minimum absolute atomic E-state index is 0. The van der Waals surface area contributed by atoms with Crippen LogP contribution in [0, 0.1) is 0 Å². The molecule has 1 heterocycles. The first-order valence-electron chi connectivity index (χ1n) is 6.12. The van der Waals surface area contributed by atoms with Crippen molar-refractivity contribution in [3.05, 3.63) is 47.0 Å². The zero-order valence-corrected chi connectivity index (χ0v) is 14.1. The van der Waals surface area contributed by atoms with Crippen LogP contribution >= 0.6 is 40.7 Å². The number of nitrogens with one attached hydrogen (secondary N) is 1. The van der Waals surface area contributed by atoms with Crippen LogP contribution in [0.4, 0.5) is 0 Å². The summed E-state index contributed by atoms with van der Waals surface area (Å²) in [6.45, 7) is 8.29. The standard InChI is InChI=1S/C14H19BrN2.2ClH/c1-2-4-14(17-9-7-16-8-10-17)12-5-3-6-13(15)11-12;;/h2-3,5-6,11,14,16H,1,4,7-10H2;2*1H/t14-;;/m1../s1. The van der Waals surface area contributed by atoms with E-state index in [1.807, 2.05) is 6.08 Å². The number of rotatable bonds is 4. The molecule has 1 atom stereocenters. The Kier molecular flexibility index (Phi) is 9.75. The Morgan fingerprint density at radius 3 is 2.58 bits per heavy atom. The van der Waals surface area contributed by atoms with Gasteiger partial charge in [0.15, 0.2) is 0 Å². The van der Waals surface area contributed by atoms with Gasteiger partial charge >= 0.3 is 0 Å². The van der Waals surface area contributed by atoms with E-state index in [9.17, 15) is 0 Å². The summed E-state index contributed by atoms with van der Waals surface area (Å²) in [6.07, 6.45) is 3.03. The minimum Gasteiger partial charge on any atom is -0.314 e. The van der Waals surface area contributed by atoms with Crippen LogP contribution in [-0.2, 0) is 0 Å². The van der Waals surface area contributed by atoms with E-state index in [2.05, 4.69) is 57.0 Å². The molecule has 5 heteroatoms. The molecule has 2 rings (SSSR count). The fourth-order valence-corrected chi connectivity index (χ4v) is 2.78. The number of benzene rings is 1. The summed E-state index contributed by atoms with van der Waals surface area (Å²) in [7, 11) is 0. The largest absolute Gasteiger partial charge is 0.314 e. The third-order valence-corrected chi connectivity index (χ3v) is 3.71. The van der Waals surface area contributed by atoms with Crippen molar-refractivity contribution in [2.75, 3.05) is 26.2 Å². The second kappa shape index (κ2) is 9.78. The highest BCUT2D eigenvalue weighted by Crippen LogP contribution is 2.27. The average Bonchev–Trinajstić information content (AvgIpc) is 2.37. The molecule has 0 saturated carbocycles. The van der Waals surface area contributed by atoms with Gasteiger partial charge in [0.1, 0.15) is 0 Å². The maximum absolute atomic E-state index is 3.89. The molecule has 108 valence electrons. The van der Waals surface area contributed by atoms with Crippen molar-refractivity contribution >= 4 is 40.7 Å². The quantitative estimate of drug-likeness (QED) is 0.814. The zero-order chi connectivity index (χ0) is 12.1. The predicted molar refractivity (Wildman–Crippen MR) is 90.6 cm³/mol. The first kappa shape index (κ1) is 18.9. The molecule has 1 aromatic carbocycles. The van der Waals surface area contributed by atoms with Crippen LogP contribution in [0.5, 0.6) is 0 Å².